The fraction of sp³-hybridized carbons (Fsp3) is 0.364. The van der Waals surface area contributed by atoms with Gasteiger partial charge >= 0.3 is 6.18 Å². The van der Waals surface area contributed by atoms with Crippen molar-refractivity contribution < 1.29 is 18.0 Å². The van der Waals surface area contributed by atoms with Crippen LogP contribution in [-0.2, 0) is 6.18 Å². The van der Waals surface area contributed by atoms with Crippen molar-refractivity contribution in [2.45, 2.75) is 25.9 Å². The quantitative estimate of drug-likeness (QED) is 0.835. The van der Waals surface area contributed by atoms with E-state index in [-0.39, 0.29) is 11.5 Å². The molecule has 1 rings (SSSR count). The third-order valence-electron chi connectivity index (χ3n) is 2.23. The van der Waals surface area contributed by atoms with E-state index in [0.29, 0.717) is 5.56 Å². The van der Waals surface area contributed by atoms with Gasteiger partial charge in [-0.05, 0) is 29.7 Å². The highest BCUT2D eigenvalue weighted by Crippen LogP contribution is 2.32. The number of alkyl halides is 3. The topological polar surface area (TPSA) is 43.1 Å². The number of primary amides is 1. The zero-order valence-corrected chi connectivity index (χ0v) is 8.93. The van der Waals surface area contributed by atoms with E-state index in [0.717, 1.165) is 12.1 Å². The van der Waals surface area contributed by atoms with Gasteiger partial charge in [0.05, 0.1) is 5.56 Å². The molecule has 0 bridgehead atoms. The summed E-state index contributed by atoms with van der Waals surface area (Å²) < 4.78 is 37.6. The van der Waals surface area contributed by atoms with Crippen LogP contribution in [0.2, 0.25) is 0 Å². The van der Waals surface area contributed by atoms with Crippen molar-refractivity contribution in [3.63, 3.8) is 0 Å². The Morgan fingerprint density at radius 3 is 2.19 bits per heavy atom. The van der Waals surface area contributed by atoms with Crippen molar-refractivity contribution in [3.05, 3.63) is 34.9 Å². The summed E-state index contributed by atoms with van der Waals surface area (Å²) in [6, 6.07) is 3.20. The lowest BCUT2D eigenvalue weighted by molar-refractivity contribution is -0.137. The molecule has 0 heterocycles. The number of carbonyl (C=O) groups excluding carboxylic acids is 1. The number of nitrogens with two attached hydrogens (primary N) is 1. The van der Waals surface area contributed by atoms with E-state index in [2.05, 4.69) is 0 Å². The van der Waals surface area contributed by atoms with Gasteiger partial charge in [0.1, 0.15) is 0 Å². The van der Waals surface area contributed by atoms with Crippen LogP contribution >= 0.6 is 0 Å². The van der Waals surface area contributed by atoms with Crippen LogP contribution in [0.1, 0.15) is 41.3 Å². The van der Waals surface area contributed by atoms with Crippen LogP contribution in [0.15, 0.2) is 18.2 Å². The SMILES string of the molecule is CC(C)c1cc(C(N)=O)cc(C(F)(F)F)c1. The molecule has 0 atom stereocenters. The first-order chi connectivity index (χ1) is 7.21. The Balaban J connectivity index is 3.36. The molecule has 0 unspecified atom stereocenters. The lowest BCUT2D eigenvalue weighted by Gasteiger charge is -2.12. The summed E-state index contributed by atoms with van der Waals surface area (Å²) in [5.74, 6) is -0.951. The third-order valence-corrected chi connectivity index (χ3v) is 2.23. The normalized spacial score (nSPS) is 11.9. The Labute approximate surface area is 91.3 Å². The minimum atomic E-state index is -4.46. The predicted octanol–water partition coefficient (Wildman–Crippen LogP) is 2.93. The van der Waals surface area contributed by atoms with Crippen LogP contribution in [0.5, 0.6) is 0 Å². The highest BCUT2D eigenvalue weighted by Gasteiger charge is 2.31. The number of halogens is 3. The Bertz CT molecular complexity index is 410. The monoisotopic (exact) mass is 231 g/mol. The average Bonchev–Trinajstić information content (AvgIpc) is 2.15. The van der Waals surface area contributed by atoms with Crippen molar-refractivity contribution in [2.24, 2.45) is 5.73 Å². The van der Waals surface area contributed by atoms with Crippen molar-refractivity contribution in [2.75, 3.05) is 0 Å². The second-order valence-electron chi connectivity index (χ2n) is 3.86. The number of rotatable bonds is 2. The summed E-state index contributed by atoms with van der Waals surface area (Å²) in [5.41, 5.74) is 4.48. The zero-order valence-electron chi connectivity index (χ0n) is 8.93. The summed E-state index contributed by atoms with van der Waals surface area (Å²) in [7, 11) is 0. The van der Waals surface area contributed by atoms with Crippen LogP contribution in [0.25, 0.3) is 0 Å². The van der Waals surface area contributed by atoms with Gasteiger partial charge in [-0.15, -0.1) is 0 Å². The van der Waals surface area contributed by atoms with Gasteiger partial charge in [0.15, 0.2) is 0 Å². The van der Waals surface area contributed by atoms with E-state index in [1.54, 1.807) is 13.8 Å². The molecule has 0 aliphatic rings. The maximum atomic E-state index is 12.5. The number of hydrogen-bond acceptors (Lipinski definition) is 1. The van der Waals surface area contributed by atoms with Gasteiger partial charge in [-0.2, -0.15) is 13.2 Å². The summed E-state index contributed by atoms with van der Waals surface area (Å²) in [6.45, 7) is 3.50. The molecule has 0 spiro atoms. The van der Waals surface area contributed by atoms with Gasteiger partial charge in [0.2, 0.25) is 5.91 Å². The molecule has 0 fully saturated rings. The second-order valence-corrected chi connectivity index (χ2v) is 3.86. The molecule has 88 valence electrons. The Morgan fingerprint density at radius 2 is 1.81 bits per heavy atom. The molecule has 2 nitrogen and oxygen atoms in total. The lowest BCUT2D eigenvalue weighted by Crippen LogP contribution is -2.14. The minimum absolute atomic E-state index is 0.0969. The molecule has 0 radical (unpaired) electrons. The average molecular weight is 231 g/mol. The predicted molar refractivity (Wildman–Crippen MR) is 54.1 cm³/mol. The maximum Gasteiger partial charge on any atom is 0.416 e. The van der Waals surface area contributed by atoms with Crippen molar-refractivity contribution in [1.29, 1.82) is 0 Å². The van der Waals surface area contributed by atoms with E-state index in [1.165, 1.54) is 6.07 Å². The Kier molecular flexibility index (Phi) is 3.26. The van der Waals surface area contributed by atoms with Gasteiger partial charge in [-0.25, -0.2) is 0 Å². The summed E-state index contributed by atoms with van der Waals surface area (Å²) in [6.07, 6.45) is -4.46. The highest BCUT2D eigenvalue weighted by molar-refractivity contribution is 5.93. The highest BCUT2D eigenvalue weighted by atomic mass is 19.4. The Hall–Kier alpha value is -1.52. The van der Waals surface area contributed by atoms with Crippen molar-refractivity contribution in [1.82, 2.24) is 0 Å². The molecule has 1 aromatic carbocycles. The molecule has 16 heavy (non-hydrogen) atoms. The van der Waals surface area contributed by atoms with Crippen LogP contribution in [0.4, 0.5) is 13.2 Å². The van der Waals surface area contributed by atoms with E-state index in [9.17, 15) is 18.0 Å². The molecule has 0 saturated heterocycles. The first-order valence-electron chi connectivity index (χ1n) is 4.74. The van der Waals surface area contributed by atoms with Crippen LogP contribution in [-0.4, -0.2) is 5.91 Å². The Morgan fingerprint density at radius 1 is 1.25 bits per heavy atom. The van der Waals surface area contributed by atoms with Gasteiger partial charge in [0, 0.05) is 5.56 Å². The second kappa shape index (κ2) is 4.15. The number of amides is 1. The van der Waals surface area contributed by atoms with Crippen molar-refractivity contribution in [3.8, 4) is 0 Å². The molecular formula is C11H12F3NO. The third kappa shape index (κ3) is 2.74. The molecule has 0 aliphatic heterocycles. The largest absolute Gasteiger partial charge is 0.416 e. The van der Waals surface area contributed by atoms with Crippen molar-refractivity contribution >= 4 is 5.91 Å². The molecule has 1 aromatic rings. The van der Waals surface area contributed by atoms with Crippen LogP contribution in [0.3, 0.4) is 0 Å². The first kappa shape index (κ1) is 12.5. The first-order valence-corrected chi connectivity index (χ1v) is 4.74. The number of hydrogen-bond donors (Lipinski definition) is 1. The molecule has 0 saturated carbocycles. The van der Waals surface area contributed by atoms with E-state index in [4.69, 9.17) is 5.73 Å². The van der Waals surface area contributed by atoms with Crippen LogP contribution < -0.4 is 5.73 Å². The molecule has 0 aliphatic carbocycles. The van der Waals surface area contributed by atoms with E-state index >= 15 is 0 Å². The van der Waals surface area contributed by atoms with Gasteiger partial charge in [-0.1, -0.05) is 13.8 Å². The summed E-state index contributed by atoms with van der Waals surface area (Å²) in [5, 5.41) is 0. The number of benzene rings is 1. The maximum absolute atomic E-state index is 12.5. The molecular weight excluding hydrogens is 219 g/mol. The van der Waals surface area contributed by atoms with Gasteiger partial charge < -0.3 is 5.73 Å². The minimum Gasteiger partial charge on any atom is -0.366 e. The lowest BCUT2D eigenvalue weighted by atomic mass is 9.97. The standard InChI is InChI=1S/C11H12F3NO/c1-6(2)7-3-8(10(15)16)5-9(4-7)11(12,13)14/h3-6H,1-2H3,(H2,15,16). The fourth-order valence-electron chi connectivity index (χ4n) is 1.29. The zero-order chi connectivity index (χ0) is 12.5. The number of carbonyl (C=O) groups is 1. The summed E-state index contributed by atoms with van der Waals surface area (Å²) in [4.78, 5) is 10.9. The van der Waals surface area contributed by atoms with Crippen LogP contribution in [0, 0.1) is 0 Å². The summed E-state index contributed by atoms with van der Waals surface area (Å²) >= 11 is 0. The molecule has 5 heteroatoms. The fourth-order valence-corrected chi connectivity index (χ4v) is 1.29. The van der Waals surface area contributed by atoms with Gasteiger partial charge in [-0.3, -0.25) is 4.79 Å². The van der Waals surface area contributed by atoms with Gasteiger partial charge in [0.25, 0.3) is 0 Å². The molecule has 1 amide bonds. The smallest absolute Gasteiger partial charge is 0.366 e. The molecule has 0 aromatic heterocycles. The van der Waals surface area contributed by atoms with E-state index < -0.39 is 17.6 Å². The molecule has 2 N–H and O–H groups in total. The van der Waals surface area contributed by atoms with E-state index in [1.807, 2.05) is 0 Å².